The van der Waals surface area contributed by atoms with Crippen molar-refractivity contribution in [2.75, 3.05) is 4.90 Å². The van der Waals surface area contributed by atoms with E-state index in [9.17, 15) is 0 Å². The molecule has 0 bridgehead atoms. The van der Waals surface area contributed by atoms with Crippen LogP contribution < -0.4 is 4.90 Å². The Morgan fingerprint density at radius 2 is 1.15 bits per heavy atom. The first-order chi connectivity index (χ1) is 25.7. The van der Waals surface area contributed by atoms with Crippen LogP contribution in [0, 0.1) is 0 Å². The van der Waals surface area contributed by atoms with Crippen molar-refractivity contribution in [3.05, 3.63) is 170 Å². The van der Waals surface area contributed by atoms with E-state index in [2.05, 4.69) is 138 Å². The highest BCUT2D eigenvalue weighted by atomic mass is 32.1. The second-order valence-electron chi connectivity index (χ2n) is 13.1. The van der Waals surface area contributed by atoms with Crippen LogP contribution in [0.2, 0.25) is 0 Å². The summed E-state index contributed by atoms with van der Waals surface area (Å²) in [5.74, 6) is 0.585. The van der Waals surface area contributed by atoms with E-state index in [1.165, 1.54) is 42.1 Å². The predicted molar refractivity (Wildman–Crippen MR) is 217 cm³/mol. The third kappa shape index (κ3) is 4.57. The van der Waals surface area contributed by atoms with Crippen LogP contribution in [-0.2, 0) is 0 Å². The number of hydrogen-bond acceptors (Lipinski definition) is 5. The number of hydrogen-bond donors (Lipinski definition) is 0. The molecule has 0 aliphatic carbocycles. The summed E-state index contributed by atoms with van der Waals surface area (Å²) in [6.45, 7) is 0. The van der Waals surface area contributed by atoms with Gasteiger partial charge in [-0.15, -0.1) is 11.3 Å². The van der Waals surface area contributed by atoms with Crippen molar-refractivity contribution in [1.29, 1.82) is 0 Å². The van der Waals surface area contributed by atoms with Crippen LogP contribution in [-0.4, -0.2) is 4.98 Å². The van der Waals surface area contributed by atoms with Gasteiger partial charge in [0.25, 0.3) is 0 Å². The van der Waals surface area contributed by atoms with E-state index in [1.807, 2.05) is 47.7 Å². The number of rotatable bonds is 5. The molecule has 4 nitrogen and oxygen atoms in total. The molecule has 11 aromatic rings. The number of thiophene rings is 1. The van der Waals surface area contributed by atoms with Crippen molar-refractivity contribution in [2.45, 2.75) is 0 Å². The minimum Gasteiger partial charge on any atom is -0.456 e. The van der Waals surface area contributed by atoms with Gasteiger partial charge in [0.2, 0.25) is 5.89 Å². The van der Waals surface area contributed by atoms with E-state index in [1.54, 1.807) is 0 Å². The summed E-state index contributed by atoms with van der Waals surface area (Å²) >= 11 is 1.83. The van der Waals surface area contributed by atoms with Crippen molar-refractivity contribution in [2.24, 2.45) is 0 Å². The summed E-state index contributed by atoms with van der Waals surface area (Å²) in [5.41, 5.74) is 9.67. The molecule has 5 heteroatoms. The molecule has 0 unspecified atom stereocenters. The van der Waals surface area contributed by atoms with Crippen LogP contribution in [0.4, 0.5) is 17.1 Å². The summed E-state index contributed by atoms with van der Waals surface area (Å²) in [6, 6.07) is 59.9. The number of oxazole rings is 1. The van der Waals surface area contributed by atoms with Crippen molar-refractivity contribution >= 4 is 92.4 Å². The van der Waals surface area contributed by atoms with Gasteiger partial charge >= 0.3 is 0 Å². The van der Waals surface area contributed by atoms with Crippen LogP contribution >= 0.6 is 11.3 Å². The fraction of sp³-hybridized carbons (Fsp3) is 0. The number of aromatic nitrogens is 1. The lowest BCUT2D eigenvalue weighted by Gasteiger charge is -2.26. The van der Waals surface area contributed by atoms with E-state index in [0.29, 0.717) is 5.89 Å². The first-order valence-corrected chi connectivity index (χ1v) is 18.2. The Morgan fingerprint density at radius 1 is 0.442 bits per heavy atom. The zero-order valence-electron chi connectivity index (χ0n) is 27.8. The van der Waals surface area contributed by atoms with Crippen LogP contribution in [0.3, 0.4) is 0 Å². The Bertz CT molecular complexity index is 3120. The third-order valence-electron chi connectivity index (χ3n) is 10.1. The van der Waals surface area contributed by atoms with E-state index in [-0.39, 0.29) is 0 Å². The van der Waals surface area contributed by atoms with Gasteiger partial charge in [-0.25, -0.2) is 4.98 Å². The number of furan rings is 1. The number of nitrogens with zero attached hydrogens (tertiary/aromatic N) is 2. The number of fused-ring (bicyclic) bond motifs is 8. The maximum absolute atomic E-state index is 6.61. The van der Waals surface area contributed by atoms with Crippen molar-refractivity contribution in [3.63, 3.8) is 0 Å². The van der Waals surface area contributed by atoms with Gasteiger partial charge in [-0.1, -0.05) is 97.1 Å². The Balaban J connectivity index is 1.12. The molecule has 3 heterocycles. The topological polar surface area (TPSA) is 42.4 Å². The Morgan fingerprint density at radius 3 is 2.08 bits per heavy atom. The van der Waals surface area contributed by atoms with Gasteiger partial charge in [-0.3, -0.25) is 0 Å². The lowest BCUT2D eigenvalue weighted by atomic mass is 9.97. The molecular formula is C47H28N2O2S. The first kappa shape index (κ1) is 29.1. The molecule has 0 atom stereocenters. The van der Waals surface area contributed by atoms with Gasteiger partial charge < -0.3 is 13.7 Å². The minimum atomic E-state index is 0.585. The molecular weight excluding hydrogens is 657 g/mol. The fourth-order valence-electron chi connectivity index (χ4n) is 7.69. The van der Waals surface area contributed by atoms with Gasteiger partial charge in [0.05, 0.1) is 0 Å². The van der Waals surface area contributed by atoms with E-state index < -0.39 is 0 Å². The predicted octanol–water partition coefficient (Wildman–Crippen LogP) is 14.1. The van der Waals surface area contributed by atoms with E-state index in [0.717, 1.165) is 55.7 Å². The molecule has 0 saturated heterocycles. The average molecular weight is 685 g/mol. The van der Waals surface area contributed by atoms with Gasteiger partial charge in [0.1, 0.15) is 16.7 Å². The smallest absolute Gasteiger partial charge is 0.228 e. The van der Waals surface area contributed by atoms with Crippen LogP contribution in [0.15, 0.2) is 179 Å². The third-order valence-corrected chi connectivity index (χ3v) is 11.2. The molecule has 0 spiro atoms. The molecule has 0 aliphatic heterocycles. The zero-order chi connectivity index (χ0) is 34.2. The molecule has 0 fully saturated rings. The molecule has 0 N–H and O–H groups in total. The molecule has 0 radical (unpaired) electrons. The van der Waals surface area contributed by atoms with Crippen LogP contribution in [0.5, 0.6) is 0 Å². The zero-order valence-corrected chi connectivity index (χ0v) is 28.6. The molecule has 244 valence electrons. The standard InChI is InChI=1S/C47H28N2O2S/c1-2-10-29(11-3-1)34-14-8-12-30-20-21-31(26-39(30)34)49(33-22-24-36-35-13-4-7-19-44(35)52-45(36)28-33)32-23-25-37-43(27-32)50-42-18-9-15-38(46(37)42)47-48-40-16-5-6-17-41(40)51-47/h1-28H. The van der Waals surface area contributed by atoms with E-state index in [4.69, 9.17) is 13.8 Å². The fourth-order valence-corrected chi connectivity index (χ4v) is 8.83. The summed E-state index contributed by atoms with van der Waals surface area (Å²) in [6.07, 6.45) is 0. The largest absolute Gasteiger partial charge is 0.456 e. The van der Waals surface area contributed by atoms with Gasteiger partial charge in [0.15, 0.2) is 5.58 Å². The molecule has 0 aliphatic rings. The van der Waals surface area contributed by atoms with E-state index >= 15 is 0 Å². The lowest BCUT2D eigenvalue weighted by molar-refractivity contribution is 0.620. The average Bonchev–Trinajstić information content (AvgIpc) is 3.91. The first-order valence-electron chi connectivity index (χ1n) is 17.4. The maximum Gasteiger partial charge on any atom is 0.228 e. The van der Waals surface area contributed by atoms with Crippen molar-refractivity contribution in [1.82, 2.24) is 4.98 Å². The molecule has 8 aromatic carbocycles. The normalized spacial score (nSPS) is 11.8. The SMILES string of the molecule is c1ccc(-c2cccc3ccc(N(c4ccc5c(c4)oc4cccc(-c6nc7ccccc7o6)c45)c4ccc5c(c4)sc4ccccc45)cc23)cc1. The quantitative estimate of drug-likeness (QED) is 0.181. The Labute approximate surface area is 302 Å². The van der Waals surface area contributed by atoms with Crippen LogP contribution in [0.1, 0.15) is 0 Å². The molecule has 3 aromatic heterocycles. The number of anilines is 3. The second kappa shape index (κ2) is 11.4. The van der Waals surface area contributed by atoms with Gasteiger partial charge in [-0.05, 0) is 88.6 Å². The second-order valence-corrected chi connectivity index (χ2v) is 14.2. The van der Waals surface area contributed by atoms with Crippen LogP contribution in [0.25, 0.3) is 86.6 Å². The minimum absolute atomic E-state index is 0.585. The highest BCUT2D eigenvalue weighted by Crippen LogP contribution is 2.44. The van der Waals surface area contributed by atoms with Gasteiger partial charge in [-0.2, -0.15) is 0 Å². The number of benzene rings is 8. The number of para-hydroxylation sites is 2. The molecule has 52 heavy (non-hydrogen) atoms. The maximum atomic E-state index is 6.61. The van der Waals surface area contributed by atoms with Crippen molar-refractivity contribution < 1.29 is 8.83 Å². The summed E-state index contributed by atoms with van der Waals surface area (Å²) in [4.78, 5) is 7.17. The Kier molecular flexibility index (Phi) is 6.39. The monoisotopic (exact) mass is 684 g/mol. The van der Waals surface area contributed by atoms with Gasteiger partial charge in [0, 0.05) is 59.6 Å². The molecule has 0 amide bonds. The molecule has 11 rings (SSSR count). The highest BCUT2D eigenvalue weighted by molar-refractivity contribution is 7.25. The summed E-state index contributed by atoms with van der Waals surface area (Å²) in [5, 5.41) is 6.97. The van der Waals surface area contributed by atoms with Crippen molar-refractivity contribution in [3.8, 4) is 22.6 Å². The lowest BCUT2D eigenvalue weighted by Crippen LogP contribution is -2.09. The summed E-state index contributed by atoms with van der Waals surface area (Å²) < 4.78 is 15.4. The Hall–Kier alpha value is -6.69. The summed E-state index contributed by atoms with van der Waals surface area (Å²) in [7, 11) is 0. The molecule has 0 saturated carbocycles. The highest BCUT2D eigenvalue weighted by Gasteiger charge is 2.21.